The van der Waals surface area contributed by atoms with Gasteiger partial charge in [0.2, 0.25) is 0 Å². The molecule has 0 bridgehead atoms. The summed E-state index contributed by atoms with van der Waals surface area (Å²) in [6, 6.07) is 16.5. The monoisotopic (exact) mass is 442 g/mol. The first-order valence-electron chi connectivity index (χ1n) is 10.6. The Labute approximate surface area is 189 Å². The number of nitrogens with zero attached hydrogens (tertiary/aromatic N) is 3. The smallest absolute Gasteiger partial charge is 0.270 e. The summed E-state index contributed by atoms with van der Waals surface area (Å²) >= 11 is 1.65. The van der Waals surface area contributed by atoms with Gasteiger partial charge in [-0.15, -0.1) is 11.3 Å². The van der Waals surface area contributed by atoms with Crippen molar-refractivity contribution in [3.05, 3.63) is 71.0 Å². The zero-order valence-corrected chi connectivity index (χ0v) is 18.7. The highest BCUT2D eigenvalue weighted by Crippen LogP contribution is 2.32. The van der Waals surface area contributed by atoms with Crippen LogP contribution >= 0.6 is 11.3 Å². The molecule has 6 nitrogen and oxygen atoms in total. The Morgan fingerprint density at radius 3 is 2.84 bits per heavy atom. The second-order valence-corrected chi connectivity index (χ2v) is 9.12. The zero-order valence-electron chi connectivity index (χ0n) is 17.9. The van der Waals surface area contributed by atoms with E-state index < -0.39 is 0 Å². The number of benzene rings is 2. The van der Waals surface area contributed by atoms with E-state index in [9.17, 15) is 4.79 Å². The average molecular weight is 443 g/mol. The Bertz CT molecular complexity index is 1490. The van der Waals surface area contributed by atoms with Crippen LogP contribution in [0.1, 0.15) is 21.9 Å². The highest BCUT2D eigenvalue weighted by atomic mass is 32.1. The van der Waals surface area contributed by atoms with Crippen molar-refractivity contribution in [3.8, 4) is 16.9 Å². The summed E-state index contributed by atoms with van der Waals surface area (Å²) in [5.74, 6) is 1.78. The molecule has 0 atom stereocenters. The number of carbonyl (C=O) groups excluding carboxylic acids is 1. The molecule has 7 heteroatoms. The van der Waals surface area contributed by atoms with Crippen LogP contribution in [0.2, 0.25) is 0 Å². The number of fused-ring (bicyclic) bond motifs is 3. The van der Waals surface area contributed by atoms with Crippen LogP contribution in [0.15, 0.2) is 53.9 Å². The first-order valence-corrected chi connectivity index (χ1v) is 11.5. The Kier molecular flexibility index (Phi) is 4.33. The van der Waals surface area contributed by atoms with Gasteiger partial charge in [0.05, 0.1) is 17.6 Å². The van der Waals surface area contributed by atoms with Crippen LogP contribution in [-0.2, 0) is 13.6 Å². The van der Waals surface area contributed by atoms with Gasteiger partial charge in [-0.25, -0.2) is 4.98 Å². The quantitative estimate of drug-likeness (QED) is 0.412. The molecule has 0 radical (unpaired) electrons. The minimum Gasteiger partial charge on any atom is -0.491 e. The number of imidazole rings is 1. The van der Waals surface area contributed by atoms with Crippen molar-refractivity contribution in [1.82, 2.24) is 19.4 Å². The SMILES string of the molecule is Cc1nc2cc(-c3ccc4c(c3)CN(C(=O)c3cc5ccsc5n3C)CCO4)ccc2[nH]1. The van der Waals surface area contributed by atoms with Crippen LogP contribution in [0.5, 0.6) is 5.75 Å². The number of hydrogen-bond donors (Lipinski definition) is 1. The highest BCUT2D eigenvalue weighted by molar-refractivity contribution is 7.16. The second kappa shape index (κ2) is 7.24. The standard InChI is InChI=1S/C25H22N4O2S/c1-15-26-20-5-3-17(12-21(20)27-15)16-4-6-23-19(11-16)14-29(8-9-31-23)24(30)22-13-18-7-10-32-25(18)28(22)2/h3-7,10-13H,8-9,14H2,1-2H3,(H,26,27). The second-order valence-electron chi connectivity index (χ2n) is 8.22. The van der Waals surface area contributed by atoms with Crippen molar-refractivity contribution < 1.29 is 9.53 Å². The number of amides is 1. The predicted octanol–water partition coefficient (Wildman–Crippen LogP) is 5.13. The lowest BCUT2D eigenvalue weighted by atomic mass is 10.0. The third kappa shape index (κ3) is 3.08. The summed E-state index contributed by atoms with van der Waals surface area (Å²) < 4.78 is 7.98. The van der Waals surface area contributed by atoms with Crippen LogP contribution in [0.3, 0.4) is 0 Å². The average Bonchev–Trinajstić information content (AvgIpc) is 3.43. The third-order valence-electron chi connectivity index (χ3n) is 6.11. The Balaban J connectivity index is 1.34. The van der Waals surface area contributed by atoms with Crippen molar-refractivity contribution in [2.75, 3.05) is 13.2 Å². The first-order chi connectivity index (χ1) is 15.6. The molecule has 0 saturated carbocycles. The molecular formula is C25H22N4O2S. The number of carbonyl (C=O) groups is 1. The molecule has 0 aliphatic carbocycles. The van der Waals surface area contributed by atoms with Crippen molar-refractivity contribution >= 4 is 38.5 Å². The maximum atomic E-state index is 13.4. The number of thiophene rings is 1. The lowest BCUT2D eigenvalue weighted by Crippen LogP contribution is -2.33. The van der Waals surface area contributed by atoms with Crippen LogP contribution in [0.4, 0.5) is 0 Å². The van der Waals surface area contributed by atoms with Crippen molar-refractivity contribution in [3.63, 3.8) is 0 Å². The fourth-order valence-corrected chi connectivity index (χ4v) is 5.34. The van der Waals surface area contributed by atoms with E-state index in [0.29, 0.717) is 25.4 Å². The van der Waals surface area contributed by atoms with Gasteiger partial charge < -0.3 is 19.2 Å². The summed E-state index contributed by atoms with van der Waals surface area (Å²) in [5, 5.41) is 3.16. The molecule has 1 aliphatic rings. The van der Waals surface area contributed by atoms with Crippen LogP contribution in [0, 0.1) is 6.92 Å². The third-order valence-corrected chi connectivity index (χ3v) is 7.12. The van der Waals surface area contributed by atoms with Crippen molar-refractivity contribution in [2.24, 2.45) is 7.05 Å². The van der Waals surface area contributed by atoms with Gasteiger partial charge in [-0.2, -0.15) is 0 Å². The lowest BCUT2D eigenvalue weighted by molar-refractivity contribution is 0.0724. The van der Waals surface area contributed by atoms with Crippen molar-refractivity contribution in [1.29, 1.82) is 0 Å². The number of aryl methyl sites for hydroxylation is 2. The maximum Gasteiger partial charge on any atom is 0.270 e. The van der Waals surface area contributed by atoms with E-state index in [2.05, 4.69) is 51.7 Å². The molecule has 4 heterocycles. The van der Waals surface area contributed by atoms with Crippen LogP contribution in [-0.4, -0.2) is 38.5 Å². The fourth-order valence-electron chi connectivity index (χ4n) is 4.47. The van der Waals surface area contributed by atoms with Gasteiger partial charge in [-0.05, 0) is 59.8 Å². The minimum absolute atomic E-state index is 0.0335. The van der Waals surface area contributed by atoms with E-state index in [4.69, 9.17) is 4.74 Å². The van der Waals surface area contributed by atoms with Crippen LogP contribution in [0.25, 0.3) is 32.4 Å². The molecule has 2 aromatic carbocycles. The summed E-state index contributed by atoms with van der Waals surface area (Å²) in [5.41, 5.74) is 5.89. The van der Waals surface area contributed by atoms with Gasteiger partial charge in [0.1, 0.15) is 28.7 Å². The highest BCUT2D eigenvalue weighted by Gasteiger charge is 2.24. The molecule has 5 aromatic rings. The maximum absolute atomic E-state index is 13.4. The normalized spacial score (nSPS) is 13.9. The summed E-state index contributed by atoms with van der Waals surface area (Å²) in [6.07, 6.45) is 0. The van der Waals surface area contributed by atoms with Crippen LogP contribution < -0.4 is 4.74 Å². The molecule has 3 aromatic heterocycles. The predicted molar refractivity (Wildman–Crippen MR) is 127 cm³/mol. The van der Waals surface area contributed by atoms with Crippen molar-refractivity contribution in [2.45, 2.75) is 13.5 Å². The first kappa shape index (κ1) is 19.1. The topological polar surface area (TPSA) is 63.1 Å². The van der Waals surface area contributed by atoms with E-state index in [0.717, 1.165) is 49.5 Å². The molecule has 1 aliphatic heterocycles. The summed E-state index contributed by atoms with van der Waals surface area (Å²) in [6.45, 7) is 3.52. The van der Waals surface area contributed by atoms with Gasteiger partial charge in [0.25, 0.3) is 5.91 Å². The summed E-state index contributed by atoms with van der Waals surface area (Å²) in [4.78, 5) is 24.2. The number of H-pyrrole nitrogens is 1. The Hall–Kier alpha value is -3.58. The number of rotatable bonds is 2. The van der Waals surface area contributed by atoms with Gasteiger partial charge >= 0.3 is 0 Å². The van der Waals surface area contributed by atoms with E-state index in [1.54, 1.807) is 11.3 Å². The molecule has 0 unspecified atom stereocenters. The number of aromatic amines is 1. The molecular weight excluding hydrogens is 420 g/mol. The zero-order chi connectivity index (χ0) is 21.8. The van der Waals surface area contributed by atoms with Gasteiger partial charge in [0.15, 0.2) is 0 Å². The van der Waals surface area contributed by atoms with Gasteiger partial charge in [-0.3, -0.25) is 4.79 Å². The molecule has 32 heavy (non-hydrogen) atoms. The van der Waals surface area contributed by atoms with Gasteiger partial charge in [0, 0.05) is 24.5 Å². The van der Waals surface area contributed by atoms with Gasteiger partial charge in [-0.1, -0.05) is 12.1 Å². The van der Waals surface area contributed by atoms with E-state index >= 15 is 0 Å². The molecule has 0 fully saturated rings. The number of ether oxygens (including phenoxy) is 1. The lowest BCUT2D eigenvalue weighted by Gasteiger charge is -2.20. The molecule has 160 valence electrons. The Morgan fingerprint density at radius 1 is 1.12 bits per heavy atom. The molecule has 1 N–H and O–H groups in total. The molecule has 6 rings (SSSR count). The van der Waals surface area contributed by atoms with E-state index in [1.165, 1.54) is 0 Å². The molecule has 0 spiro atoms. The number of aromatic nitrogens is 3. The van der Waals surface area contributed by atoms with E-state index in [1.807, 2.05) is 35.6 Å². The molecule has 1 amide bonds. The Morgan fingerprint density at radius 2 is 1.97 bits per heavy atom. The summed E-state index contributed by atoms with van der Waals surface area (Å²) in [7, 11) is 1.96. The van der Waals surface area contributed by atoms with E-state index in [-0.39, 0.29) is 5.91 Å². The minimum atomic E-state index is 0.0335. The fraction of sp³-hybridized carbons (Fsp3) is 0.200. The number of hydrogen-bond acceptors (Lipinski definition) is 4. The number of nitrogens with one attached hydrogen (secondary N) is 1. The largest absolute Gasteiger partial charge is 0.491 e. The molecule has 0 saturated heterocycles.